The maximum absolute atomic E-state index is 12.4. The van der Waals surface area contributed by atoms with E-state index in [0.29, 0.717) is 11.5 Å². The molecule has 1 fully saturated rings. The maximum Gasteiger partial charge on any atom is 0.323 e. The number of carboxylic acids is 1. The van der Waals surface area contributed by atoms with E-state index in [0.717, 1.165) is 39.1 Å². The van der Waals surface area contributed by atoms with Gasteiger partial charge in [0.05, 0.1) is 4.91 Å². The molecule has 7 heteroatoms. The van der Waals surface area contributed by atoms with Crippen LogP contribution in [0.2, 0.25) is 0 Å². The summed E-state index contributed by atoms with van der Waals surface area (Å²) >= 11 is 6.22. The molecule has 3 rings (SSSR count). The molecule has 1 amide bonds. The van der Waals surface area contributed by atoms with Gasteiger partial charge in [0.1, 0.15) is 23.2 Å². The van der Waals surface area contributed by atoms with Crippen molar-refractivity contribution >= 4 is 46.3 Å². The number of aliphatic carboxylic acids is 1. The normalized spacial score (nSPS) is 15.4. The summed E-state index contributed by atoms with van der Waals surface area (Å²) in [6.07, 6.45) is 1.73. The lowest BCUT2D eigenvalue weighted by Crippen LogP contribution is -2.33. The highest BCUT2D eigenvalue weighted by molar-refractivity contribution is 8.26. The van der Waals surface area contributed by atoms with Crippen LogP contribution in [0, 0.1) is 6.92 Å². The van der Waals surface area contributed by atoms with Crippen molar-refractivity contribution in [3.05, 3.63) is 70.1 Å². The van der Waals surface area contributed by atoms with E-state index >= 15 is 0 Å². The van der Waals surface area contributed by atoms with Gasteiger partial charge in [0.25, 0.3) is 5.91 Å². The largest absolute Gasteiger partial charge is 0.489 e. The molecule has 1 heterocycles. The second-order valence-corrected chi connectivity index (χ2v) is 7.63. The topological polar surface area (TPSA) is 66.8 Å². The molecule has 0 atom stereocenters. The van der Waals surface area contributed by atoms with Crippen LogP contribution in [-0.2, 0) is 16.2 Å². The molecule has 0 unspecified atom stereocenters. The highest BCUT2D eigenvalue weighted by atomic mass is 32.2. The van der Waals surface area contributed by atoms with Crippen molar-refractivity contribution in [2.75, 3.05) is 6.54 Å². The Labute approximate surface area is 166 Å². The van der Waals surface area contributed by atoms with Crippen molar-refractivity contribution < 1.29 is 19.4 Å². The van der Waals surface area contributed by atoms with E-state index in [9.17, 15) is 9.59 Å². The zero-order valence-electron chi connectivity index (χ0n) is 14.5. The molecule has 2 aromatic carbocycles. The molecule has 0 aliphatic carbocycles. The van der Waals surface area contributed by atoms with Gasteiger partial charge in [-0.3, -0.25) is 14.5 Å². The Morgan fingerprint density at radius 3 is 2.67 bits per heavy atom. The van der Waals surface area contributed by atoms with Crippen LogP contribution in [-0.4, -0.2) is 32.7 Å². The van der Waals surface area contributed by atoms with E-state index in [1.54, 1.807) is 6.08 Å². The fraction of sp³-hybridized carbons (Fsp3) is 0.150. The van der Waals surface area contributed by atoms with Gasteiger partial charge in [0, 0.05) is 0 Å². The number of amides is 1. The number of aryl methyl sites for hydroxylation is 1. The molecule has 27 heavy (non-hydrogen) atoms. The van der Waals surface area contributed by atoms with Gasteiger partial charge < -0.3 is 9.84 Å². The molecule has 0 bridgehead atoms. The molecule has 0 radical (unpaired) electrons. The van der Waals surface area contributed by atoms with Crippen LogP contribution in [0.3, 0.4) is 0 Å². The summed E-state index contributed by atoms with van der Waals surface area (Å²) in [5, 5.41) is 8.90. The quantitative estimate of drug-likeness (QED) is 0.588. The van der Waals surface area contributed by atoms with Crippen molar-refractivity contribution in [2.45, 2.75) is 13.5 Å². The Balaban J connectivity index is 1.72. The minimum atomic E-state index is -1.09. The lowest BCUT2D eigenvalue weighted by molar-refractivity contribution is -0.140. The van der Waals surface area contributed by atoms with Crippen molar-refractivity contribution in [2.24, 2.45) is 0 Å². The minimum absolute atomic E-state index is 0.258. The summed E-state index contributed by atoms with van der Waals surface area (Å²) in [7, 11) is 0. The first-order valence-corrected chi connectivity index (χ1v) is 9.41. The molecule has 0 spiro atoms. The SMILES string of the molecule is Cc1cc(OCc2ccccc2)ccc1/C=C1\SC(=S)N(CC(=O)O)C1=O. The van der Waals surface area contributed by atoms with E-state index in [2.05, 4.69) is 0 Å². The van der Waals surface area contributed by atoms with Gasteiger partial charge in [0.15, 0.2) is 0 Å². The number of hydrogen-bond acceptors (Lipinski definition) is 5. The second-order valence-electron chi connectivity index (χ2n) is 5.95. The number of thiocarbonyl (C=S) groups is 1. The van der Waals surface area contributed by atoms with Crippen molar-refractivity contribution in [1.29, 1.82) is 0 Å². The Morgan fingerprint density at radius 2 is 2.00 bits per heavy atom. The van der Waals surface area contributed by atoms with E-state index in [1.807, 2.05) is 55.5 Å². The third-order valence-electron chi connectivity index (χ3n) is 3.94. The van der Waals surface area contributed by atoms with Crippen LogP contribution < -0.4 is 4.74 Å². The molecule has 1 aliphatic heterocycles. The Morgan fingerprint density at radius 1 is 1.26 bits per heavy atom. The molecule has 0 saturated carbocycles. The number of benzene rings is 2. The van der Waals surface area contributed by atoms with Gasteiger partial charge in [-0.1, -0.05) is 60.4 Å². The fourth-order valence-electron chi connectivity index (χ4n) is 2.55. The molecule has 1 aliphatic rings. The van der Waals surface area contributed by atoms with E-state index in [-0.39, 0.29) is 10.2 Å². The average Bonchev–Trinajstić information content (AvgIpc) is 2.90. The van der Waals surface area contributed by atoms with Crippen LogP contribution in [0.1, 0.15) is 16.7 Å². The Bertz CT molecular complexity index is 925. The highest BCUT2D eigenvalue weighted by Gasteiger charge is 2.33. The zero-order chi connectivity index (χ0) is 19.4. The fourth-order valence-corrected chi connectivity index (χ4v) is 3.80. The first kappa shape index (κ1) is 19.1. The zero-order valence-corrected chi connectivity index (χ0v) is 16.2. The van der Waals surface area contributed by atoms with Gasteiger partial charge in [-0.2, -0.15) is 0 Å². The lowest BCUT2D eigenvalue weighted by atomic mass is 10.1. The maximum atomic E-state index is 12.4. The third kappa shape index (κ3) is 4.75. The molecule has 1 N–H and O–H groups in total. The number of carbonyl (C=O) groups is 2. The predicted molar refractivity (Wildman–Crippen MR) is 109 cm³/mol. The smallest absolute Gasteiger partial charge is 0.323 e. The lowest BCUT2D eigenvalue weighted by Gasteiger charge is -2.10. The summed E-state index contributed by atoms with van der Waals surface area (Å²) < 4.78 is 6.07. The molecule has 2 aromatic rings. The van der Waals surface area contributed by atoms with Crippen LogP contribution in [0.15, 0.2) is 53.4 Å². The number of thioether (sulfide) groups is 1. The number of nitrogens with zero attached hydrogens (tertiary/aromatic N) is 1. The van der Waals surface area contributed by atoms with E-state index in [4.69, 9.17) is 22.1 Å². The molecular weight excluding hydrogens is 382 g/mol. The summed E-state index contributed by atoms with van der Waals surface area (Å²) in [6, 6.07) is 15.5. The molecule has 5 nitrogen and oxygen atoms in total. The Hall–Kier alpha value is -2.64. The number of hydrogen-bond donors (Lipinski definition) is 1. The first-order valence-electron chi connectivity index (χ1n) is 8.18. The van der Waals surface area contributed by atoms with Gasteiger partial charge >= 0.3 is 5.97 Å². The molecule has 138 valence electrons. The Kier molecular flexibility index (Phi) is 5.93. The summed E-state index contributed by atoms with van der Waals surface area (Å²) in [4.78, 5) is 24.7. The van der Waals surface area contributed by atoms with Crippen molar-refractivity contribution in [3.63, 3.8) is 0 Å². The van der Waals surface area contributed by atoms with Crippen LogP contribution in [0.25, 0.3) is 6.08 Å². The first-order chi connectivity index (χ1) is 12.9. The van der Waals surface area contributed by atoms with Gasteiger partial charge in [-0.05, 0) is 41.8 Å². The standard InChI is InChI=1S/C20H17NO4S2/c1-13-9-16(25-12-14-5-3-2-4-6-14)8-7-15(13)10-17-19(24)21(11-18(22)23)20(26)27-17/h2-10H,11-12H2,1H3,(H,22,23)/b17-10-. The summed E-state index contributed by atoms with van der Waals surface area (Å²) in [5.41, 5.74) is 2.89. The van der Waals surface area contributed by atoms with E-state index in [1.165, 1.54) is 0 Å². The molecule has 1 saturated heterocycles. The minimum Gasteiger partial charge on any atom is -0.489 e. The summed E-state index contributed by atoms with van der Waals surface area (Å²) in [6.45, 7) is 1.99. The monoisotopic (exact) mass is 399 g/mol. The average molecular weight is 399 g/mol. The number of carboxylic acid groups (broad SMARTS) is 1. The number of carbonyl (C=O) groups excluding carboxylic acids is 1. The molecule has 0 aromatic heterocycles. The van der Waals surface area contributed by atoms with Gasteiger partial charge in [0.2, 0.25) is 0 Å². The van der Waals surface area contributed by atoms with E-state index < -0.39 is 12.5 Å². The van der Waals surface area contributed by atoms with Crippen molar-refractivity contribution in [1.82, 2.24) is 4.90 Å². The van der Waals surface area contributed by atoms with Gasteiger partial charge in [-0.15, -0.1) is 0 Å². The van der Waals surface area contributed by atoms with Crippen LogP contribution >= 0.6 is 24.0 Å². The number of ether oxygens (including phenoxy) is 1. The third-order valence-corrected chi connectivity index (χ3v) is 5.32. The summed E-state index contributed by atoms with van der Waals surface area (Å²) in [5.74, 6) is -0.730. The number of rotatable bonds is 6. The van der Waals surface area contributed by atoms with Crippen LogP contribution in [0.5, 0.6) is 5.75 Å². The molecular formula is C20H17NO4S2. The van der Waals surface area contributed by atoms with Gasteiger partial charge in [-0.25, -0.2) is 0 Å². The predicted octanol–water partition coefficient (Wildman–Crippen LogP) is 3.86. The van der Waals surface area contributed by atoms with Crippen LogP contribution in [0.4, 0.5) is 0 Å². The highest BCUT2D eigenvalue weighted by Crippen LogP contribution is 2.33. The second kappa shape index (κ2) is 8.37. The van der Waals surface area contributed by atoms with Crippen molar-refractivity contribution in [3.8, 4) is 5.75 Å².